The van der Waals surface area contributed by atoms with Crippen molar-refractivity contribution in [3.63, 3.8) is 0 Å². The molecule has 5 aliphatic rings. The Morgan fingerprint density at radius 2 is 1.46 bits per heavy atom. The molecule has 0 aromatic heterocycles. The van der Waals surface area contributed by atoms with Crippen LogP contribution in [-0.2, 0) is 14.8 Å². The highest BCUT2D eigenvalue weighted by atomic mass is 32.2. The van der Waals surface area contributed by atoms with Gasteiger partial charge in [0.1, 0.15) is 0 Å². The zero-order valence-electron chi connectivity index (χ0n) is 24.1. The second-order valence-corrected chi connectivity index (χ2v) is 15.2. The van der Waals surface area contributed by atoms with E-state index in [1.165, 1.54) is 0 Å². The van der Waals surface area contributed by atoms with Crippen LogP contribution in [0, 0.1) is 23.7 Å². The summed E-state index contributed by atoms with van der Waals surface area (Å²) in [5.41, 5.74) is 3.61. The van der Waals surface area contributed by atoms with E-state index in [1.807, 2.05) is 0 Å². The number of rotatable bonds is 5. The van der Waals surface area contributed by atoms with Crippen molar-refractivity contribution in [1.82, 2.24) is 30.3 Å². The molecule has 5 rings (SSSR count). The monoisotopic (exact) mass is 566 g/mol. The van der Waals surface area contributed by atoms with E-state index in [9.17, 15) is 18.0 Å². The topological polar surface area (TPSA) is 114 Å². The highest BCUT2D eigenvalue weighted by Crippen LogP contribution is 2.41. The average Bonchev–Trinajstić information content (AvgIpc) is 3.28. The molecule has 39 heavy (non-hydrogen) atoms. The first-order valence-electron chi connectivity index (χ1n) is 15.5. The highest BCUT2D eigenvalue weighted by molar-refractivity contribution is 7.89. The van der Waals surface area contributed by atoms with E-state index in [0.717, 1.165) is 58.2 Å². The Balaban J connectivity index is 1.13. The summed E-state index contributed by atoms with van der Waals surface area (Å²) in [6.45, 7) is 8.40. The Morgan fingerprint density at radius 1 is 0.821 bits per heavy atom. The molecule has 4 heterocycles. The minimum absolute atomic E-state index is 0.00897. The van der Waals surface area contributed by atoms with E-state index in [2.05, 4.69) is 39.8 Å². The summed E-state index contributed by atoms with van der Waals surface area (Å²) in [6, 6.07) is 0.254. The number of nitrogens with zero attached hydrogens (tertiary/aromatic N) is 3. The number of amides is 3. The number of fused-ring (bicyclic) bond motifs is 1. The van der Waals surface area contributed by atoms with Gasteiger partial charge in [-0.1, -0.05) is 6.92 Å². The molecule has 4 unspecified atom stereocenters. The highest BCUT2D eigenvalue weighted by Gasteiger charge is 2.49. The lowest BCUT2D eigenvalue weighted by Gasteiger charge is -2.43. The molecule has 4 atom stereocenters. The van der Waals surface area contributed by atoms with Crippen molar-refractivity contribution in [3.05, 3.63) is 0 Å². The van der Waals surface area contributed by atoms with Gasteiger partial charge in [0.2, 0.25) is 15.9 Å². The van der Waals surface area contributed by atoms with Crippen LogP contribution in [0.3, 0.4) is 0 Å². The van der Waals surface area contributed by atoms with Crippen molar-refractivity contribution in [2.24, 2.45) is 23.7 Å². The lowest BCUT2D eigenvalue weighted by atomic mass is 9.74. The van der Waals surface area contributed by atoms with Gasteiger partial charge in [0, 0.05) is 57.9 Å². The number of likely N-dealkylation sites (tertiary alicyclic amines) is 1. The van der Waals surface area contributed by atoms with Crippen LogP contribution in [0.4, 0.5) is 4.79 Å². The number of hydrogen-bond acceptors (Lipinski definition) is 6. The fraction of sp³-hybridized carbons (Fsp3) is 0.929. The maximum atomic E-state index is 13.6. The van der Waals surface area contributed by atoms with E-state index < -0.39 is 10.0 Å². The van der Waals surface area contributed by atoms with E-state index >= 15 is 0 Å². The van der Waals surface area contributed by atoms with Gasteiger partial charge in [0.05, 0.1) is 11.2 Å². The quantitative estimate of drug-likeness (QED) is 0.470. The Bertz CT molecular complexity index is 971. The molecule has 5 fully saturated rings. The van der Waals surface area contributed by atoms with Crippen molar-refractivity contribution in [3.8, 4) is 0 Å². The number of urea groups is 1. The van der Waals surface area contributed by atoms with E-state index in [-0.39, 0.29) is 35.3 Å². The fourth-order valence-electron chi connectivity index (χ4n) is 8.02. The zero-order chi connectivity index (χ0) is 27.7. The maximum absolute atomic E-state index is 13.6. The SMILES string of the molecule is CNC(=O)NC1CCC(S(=O)(=O)N2CCC(C3CCN4NC(C)C(C(=O)N5CCC(C)CC5)C4C3)CC2)CC1. The summed E-state index contributed by atoms with van der Waals surface area (Å²) in [6.07, 6.45) is 8.79. The number of carbonyl (C=O) groups excluding carboxylic acids is 2. The fourth-order valence-corrected chi connectivity index (χ4v) is 10.0. The molecule has 0 aromatic carbocycles. The summed E-state index contributed by atoms with van der Waals surface area (Å²) in [5.74, 6) is 2.12. The smallest absolute Gasteiger partial charge is 0.314 e. The van der Waals surface area contributed by atoms with E-state index in [4.69, 9.17) is 0 Å². The van der Waals surface area contributed by atoms with Crippen LogP contribution in [-0.4, -0.2) is 97.7 Å². The second kappa shape index (κ2) is 12.2. The Morgan fingerprint density at radius 3 is 2.10 bits per heavy atom. The van der Waals surface area contributed by atoms with Gasteiger partial charge >= 0.3 is 6.03 Å². The van der Waals surface area contributed by atoms with Gasteiger partial charge in [-0.3, -0.25) is 10.2 Å². The van der Waals surface area contributed by atoms with Crippen LogP contribution >= 0.6 is 0 Å². The number of nitrogens with one attached hydrogen (secondary N) is 3. The van der Waals surface area contributed by atoms with Crippen molar-refractivity contribution in [2.45, 2.75) is 101 Å². The normalized spacial score (nSPS) is 35.9. The molecule has 0 aromatic rings. The van der Waals surface area contributed by atoms with Crippen LogP contribution < -0.4 is 16.1 Å². The Kier molecular flexibility index (Phi) is 9.10. The predicted octanol–water partition coefficient (Wildman–Crippen LogP) is 2.13. The molecule has 3 amide bonds. The molecule has 4 saturated heterocycles. The largest absolute Gasteiger partial charge is 0.342 e. The van der Waals surface area contributed by atoms with Crippen LogP contribution in [0.5, 0.6) is 0 Å². The molecule has 10 nitrogen and oxygen atoms in total. The summed E-state index contributed by atoms with van der Waals surface area (Å²) in [7, 11) is -1.72. The minimum Gasteiger partial charge on any atom is -0.342 e. The molecular weight excluding hydrogens is 516 g/mol. The first kappa shape index (κ1) is 29.1. The third-order valence-electron chi connectivity index (χ3n) is 10.6. The predicted molar refractivity (Wildman–Crippen MR) is 151 cm³/mol. The van der Waals surface area contributed by atoms with Crippen molar-refractivity contribution < 1.29 is 18.0 Å². The first-order chi connectivity index (χ1) is 18.7. The van der Waals surface area contributed by atoms with Gasteiger partial charge in [0.15, 0.2) is 0 Å². The molecule has 0 spiro atoms. The van der Waals surface area contributed by atoms with Crippen LogP contribution in [0.15, 0.2) is 0 Å². The standard InChI is InChI=1S/C28H50N6O4S/c1-19-8-13-32(14-9-19)27(35)26-20(2)31-34-17-12-22(18-25(26)34)21-10-15-33(16-11-21)39(37,38)24-6-4-23(5-7-24)30-28(36)29-3/h19-26,31H,4-18H2,1-3H3,(H2,29,30,36). The van der Waals surface area contributed by atoms with Gasteiger partial charge in [-0.25, -0.2) is 22.5 Å². The van der Waals surface area contributed by atoms with Gasteiger partial charge in [-0.2, -0.15) is 0 Å². The van der Waals surface area contributed by atoms with Crippen molar-refractivity contribution in [2.75, 3.05) is 39.8 Å². The number of hydrazine groups is 1. The third-order valence-corrected chi connectivity index (χ3v) is 13.0. The summed E-state index contributed by atoms with van der Waals surface area (Å²) >= 11 is 0. The number of hydrogen-bond donors (Lipinski definition) is 3. The molecular formula is C28H50N6O4S. The lowest BCUT2D eigenvalue weighted by molar-refractivity contribution is -0.138. The van der Waals surface area contributed by atoms with Gasteiger partial charge in [0.25, 0.3) is 0 Å². The average molecular weight is 567 g/mol. The number of carbonyl (C=O) groups is 2. The number of piperidine rings is 3. The van der Waals surface area contributed by atoms with Gasteiger partial charge in [-0.05, 0) is 88.9 Å². The first-order valence-corrected chi connectivity index (χ1v) is 17.0. The van der Waals surface area contributed by atoms with Crippen LogP contribution in [0.1, 0.15) is 78.1 Å². The lowest BCUT2D eigenvalue weighted by Crippen LogP contribution is -2.51. The minimum atomic E-state index is -3.32. The summed E-state index contributed by atoms with van der Waals surface area (Å²) in [4.78, 5) is 27.3. The molecule has 1 saturated carbocycles. The van der Waals surface area contributed by atoms with Crippen LogP contribution in [0.25, 0.3) is 0 Å². The van der Waals surface area contributed by atoms with Gasteiger partial charge < -0.3 is 15.5 Å². The summed E-state index contributed by atoms with van der Waals surface area (Å²) < 4.78 is 28.7. The molecule has 1 aliphatic carbocycles. The van der Waals surface area contributed by atoms with E-state index in [0.29, 0.717) is 62.4 Å². The molecule has 222 valence electrons. The summed E-state index contributed by atoms with van der Waals surface area (Å²) in [5, 5.41) is 7.50. The molecule has 0 radical (unpaired) electrons. The zero-order valence-corrected chi connectivity index (χ0v) is 24.9. The molecule has 11 heteroatoms. The molecule has 3 N–H and O–H groups in total. The Labute approximate surface area is 235 Å². The van der Waals surface area contributed by atoms with E-state index in [1.54, 1.807) is 11.4 Å². The molecule has 0 bridgehead atoms. The van der Waals surface area contributed by atoms with Crippen LogP contribution in [0.2, 0.25) is 0 Å². The Hall–Kier alpha value is -1.43. The third kappa shape index (κ3) is 6.26. The van der Waals surface area contributed by atoms with Crippen molar-refractivity contribution in [1.29, 1.82) is 0 Å². The van der Waals surface area contributed by atoms with Gasteiger partial charge in [-0.15, -0.1) is 0 Å². The maximum Gasteiger partial charge on any atom is 0.314 e. The number of sulfonamides is 1. The van der Waals surface area contributed by atoms with Crippen molar-refractivity contribution >= 4 is 22.0 Å². The molecule has 4 aliphatic heterocycles. The second-order valence-electron chi connectivity index (χ2n) is 13.0.